The van der Waals surface area contributed by atoms with Gasteiger partial charge in [0.15, 0.2) is 0 Å². The summed E-state index contributed by atoms with van der Waals surface area (Å²) in [6.45, 7) is -2.77. The average Bonchev–Trinajstić information content (AvgIpc) is 2.12. The van der Waals surface area contributed by atoms with Crippen molar-refractivity contribution in [3.8, 4) is 0 Å². The van der Waals surface area contributed by atoms with E-state index < -0.39 is 37.6 Å². The molecule has 0 aromatic rings. The van der Waals surface area contributed by atoms with Crippen molar-refractivity contribution in [2.45, 2.75) is 24.4 Å². The average molecular weight is 183 g/mol. The van der Waals surface area contributed by atoms with Crippen molar-refractivity contribution in [3.05, 3.63) is 0 Å². The van der Waals surface area contributed by atoms with Crippen molar-refractivity contribution in [3.63, 3.8) is 0 Å². The molecule has 0 aliphatic carbocycles. The molecule has 0 radical (unpaired) electrons. The van der Waals surface area contributed by atoms with Crippen LogP contribution in [0.2, 0.25) is 0 Å². The predicted octanol–water partition coefficient (Wildman–Crippen LogP) is -3.59. The van der Waals surface area contributed by atoms with E-state index in [9.17, 15) is 0 Å². The van der Waals surface area contributed by atoms with E-state index in [1.807, 2.05) is 0 Å². The molecule has 0 aliphatic heterocycles. The fourth-order valence-electron chi connectivity index (χ4n) is 0.626. The summed E-state index contributed by atoms with van der Waals surface area (Å²) in [6, 6.07) is 0. The van der Waals surface area contributed by atoms with Gasteiger partial charge in [0.25, 0.3) is 0 Å². The van der Waals surface area contributed by atoms with Crippen molar-refractivity contribution >= 4 is 0 Å². The van der Waals surface area contributed by atoms with Gasteiger partial charge in [-0.2, -0.15) is 0 Å². The molecule has 74 valence electrons. The number of hydrogen-bond donors (Lipinski definition) is 6. The molecule has 0 saturated carbocycles. The molecule has 5 atom stereocenters. The molecular weight excluding hydrogens is 168 g/mol. The van der Waals surface area contributed by atoms with Crippen molar-refractivity contribution in [1.82, 2.24) is 0 Å². The van der Waals surface area contributed by atoms with Crippen molar-refractivity contribution in [1.29, 1.82) is 0 Å². The highest BCUT2D eigenvalue weighted by Gasteiger charge is 2.29. The third-order valence-corrected chi connectivity index (χ3v) is 1.43. The molecular formula is C6H14O6. The zero-order valence-electron chi connectivity index (χ0n) is 7.28. The lowest BCUT2D eigenvalue weighted by Gasteiger charge is -2.24. The lowest BCUT2D eigenvalue weighted by atomic mass is 10.0. The minimum atomic E-state index is -1.98. The monoisotopic (exact) mass is 183 g/mol. The zero-order valence-corrected chi connectivity index (χ0v) is 6.28. The fourth-order valence-corrected chi connectivity index (χ4v) is 0.626. The van der Waals surface area contributed by atoms with E-state index in [1.165, 1.54) is 0 Å². The number of rotatable bonds is 5. The Bertz CT molecular complexity index is 143. The van der Waals surface area contributed by atoms with Crippen LogP contribution in [0.5, 0.6) is 0 Å². The molecule has 0 aliphatic rings. The van der Waals surface area contributed by atoms with E-state index in [0.717, 1.165) is 0 Å². The Morgan fingerprint density at radius 3 is 1.67 bits per heavy atom. The van der Waals surface area contributed by atoms with Gasteiger partial charge in [-0.25, -0.2) is 0 Å². The summed E-state index contributed by atoms with van der Waals surface area (Å²) in [5, 5.41) is 52.5. The molecule has 6 nitrogen and oxygen atoms in total. The van der Waals surface area contributed by atoms with Gasteiger partial charge in [0.05, 0.1) is 14.6 Å². The standard InChI is InChI=1S/C6H14O6/c7-1-3(9)5(11)6(12)4(10)2-8/h3-12H,1-2H2/t3-,4+,5-,6-/m1/s1/i1D/t1?,3-,4+,5-,6-. The van der Waals surface area contributed by atoms with Gasteiger partial charge in [-0.3, -0.25) is 0 Å². The van der Waals surface area contributed by atoms with Crippen LogP contribution >= 0.6 is 0 Å². The molecule has 0 aromatic heterocycles. The van der Waals surface area contributed by atoms with Gasteiger partial charge in [0, 0.05) is 0 Å². The highest BCUT2D eigenvalue weighted by atomic mass is 16.4. The second-order valence-electron chi connectivity index (χ2n) is 2.37. The summed E-state index contributed by atoms with van der Waals surface area (Å²) >= 11 is 0. The molecule has 12 heavy (non-hydrogen) atoms. The van der Waals surface area contributed by atoms with E-state index in [4.69, 9.17) is 32.0 Å². The highest BCUT2D eigenvalue weighted by molar-refractivity contribution is 4.79. The molecule has 1 unspecified atom stereocenters. The first-order chi connectivity index (χ1) is 5.91. The molecule has 0 heterocycles. The van der Waals surface area contributed by atoms with E-state index >= 15 is 0 Å². The van der Waals surface area contributed by atoms with Crippen LogP contribution in [-0.2, 0) is 0 Å². The Kier molecular flexibility index (Phi) is 4.44. The second-order valence-corrected chi connectivity index (χ2v) is 2.37. The van der Waals surface area contributed by atoms with Crippen molar-refractivity contribution in [2.75, 3.05) is 13.2 Å². The van der Waals surface area contributed by atoms with Gasteiger partial charge >= 0.3 is 0 Å². The molecule has 0 spiro atoms. The Morgan fingerprint density at radius 1 is 0.917 bits per heavy atom. The number of aliphatic hydroxyl groups excluding tert-OH is 6. The molecule has 6 heteroatoms. The van der Waals surface area contributed by atoms with Crippen LogP contribution in [0.15, 0.2) is 0 Å². The van der Waals surface area contributed by atoms with Gasteiger partial charge < -0.3 is 30.6 Å². The van der Waals surface area contributed by atoms with Gasteiger partial charge in [-0.15, -0.1) is 0 Å². The third-order valence-electron chi connectivity index (χ3n) is 1.43. The number of hydrogen-bond acceptors (Lipinski definition) is 6. The maximum absolute atomic E-state index is 9.01. The summed E-state index contributed by atoms with van der Waals surface area (Å²) < 4.78 is 6.60. The largest absolute Gasteiger partial charge is 0.394 e. The Hall–Kier alpha value is -0.240. The fraction of sp³-hybridized carbons (Fsp3) is 1.00. The van der Waals surface area contributed by atoms with E-state index in [0.29, 0.717) is 0 Å². The lowest BCUT2D eigenvalue weighted by Crippen LogP contribution is -2.46. The topological polar surface area (TPSA) is 121 Å². The summed E-state index contributed by atoms with van der Waals surface area (Å²) in [6.07, 6.45) is -7.20. The minimum absolute atomic E-state index is 0.793. The second kappa shape index (κ2) is 5.41. The van der Waals surface area contributed by atoms with E-state index in [1.54, 1.807) is 0 Å². The smallest absolute Gasteiger partial charge is 0.111 e. The van der Waals surface area contributed by atoms with Crippen LogP contribution in [0.4, 0.5) is 0 Å². The quantitative estimate of drug-likeness (QED) is 0.262. The van der Waals surface area contributed by atoms with Gasteiger partial charge in [0.2, 0.25) is 0 Å². The molecule has 0 fully saturated rings. The summed E-state index contributed by atoms with van der Waals surface area (Å²) in [7, 11) is 0. The van der Waals surface area contributed by atoms with Crippen molar-refractivity contribution in [2.24, 2.45) is 0 Å². The van der Waals surface area contributed by atoms with Crippen LogP contribution in [0, 0.1) is 0 Å². The lowest BCUT2D eigenvalue weighted by molar-refractivity contribution is -0.123. The van der Waals surface area contributed by atoms with Gasteiger partial charge in [-0.1, -0.05) is 0 Å². The van der Waals surface area contributed by atoms with Crippen LogP contribution in [-0.4, -0.2) is 68.2 Å². The normalized spacial score (nSPS) is 25.3. The predicted molar refractivity (Wildman–Crippen MR) is 38.2 cm³/mol. The maximum Gasteiger partial charge on any atom is 0.111 e. The van der Waals surface area contributed by atoms with Crippen LogP contribution in [0.25, 0.3) is 0 Å². The summed E-state index contributed by atoms with van der Waals surface area (Å²) in [4.78, 5) is 0. The summed E-state index contributed by atoms with van der Waals surface area (Å²) in [5.41, 5.74) is 0. The van der Waals surface area contributed by atoms with Crippen LogP contribution < -0.4 is 0 Å². The Morgan fingerprint density at radius 2 is 1.33 bits per heavy atom. The van der Waals surface area contributed by atoms with E-state index in [-0.39, 0.29) is 0 Å². The molecule has 0 amide bonds. The Balaban J connectivity index is 4.15. The first-order valence-corrected chi connectivity index (χ1v) is 3.35. The van der Waals surface area contributed by atoms with Crippen LogP contribution in [0.3, 0.4) is 0 Å². The summed E-state index contributed by atoms with van der Waals surface area (Å²) in [5.74, 6) is 0. The molecule has 6 N–H and O–H groups in total. The molecule has 0 aromatic carbocycles. The van der Waals surface area contributed by atoms with Gasteiger partial charge in [-0.05, 0) is 0 Å². The molecule has 0 rings (SSSR count). The van der Waals surface area contributed by atoms with Crippen molar-refractivity contribution < 1.29 is 32.0 Å². The highest BCUT2D eigenvalue weighted by Crippen LogP contribution is 2.03. The first kappa shape index (κ1) is 9.85. The third kappa shape index (κ3) is 3.02. The molecule has 0 bridgehead atoms. The van der Waals surface area contributed by atoms with Crippen LogP contribution in [0.1, 0.15) is 1.37 Å². The zero-order chi connectivity index (χ0) is 10.6. The number of aliphatic hydroxyl groups is 6. The first-order valence-electron chi connectivity index (χ1n) is 3.93. The van der Waals surface area contributed by atoms with Gasteiger partial charge in [0.1, 0.15) is 24.4 Å². The SMILES string of the molecule is [2H]C(O)[C@@H](O)[C@@H](O)[C@H](O)[C@@H](O)CO. The Labute approximate surface area is 70.7 Å². The minimum Gasteiger partial charge on any atom is -0.394 e. The molecule has 0 saturated heterocycles. The van der Waals surface area contributed by atoms with E-state index in [2.05, 4.69) is 0 Å². The maximum atomic E-state index is 9.01.